The fourth-order valence-electron chi connectivity index (χ4n) is 0.0577. The van der Waals surface area contributed by atoms with Crippen molar-refractivity contribution in [3.8, 4) is 6.19 Å². The maximum atomic E-state index is 8.56. The molecule has 80 valence electrons. The van der Waals surface area contributed by atoms with Gasteiger partial charge < -0.3 is 33.1 Å². The van der Waals surface area contributed by atoms with E-state index in [0.717, 1.165) is 0 Å². The van der Waals surface area contributed by atoms with Gasteiger partial charge in [-0.2, -0.15) is 5.26 Å². The molecule has 0 aromatic rings. The molecular weight excluding hydrogens is 194 g/mol. The van der Waals surface area contributed by atoms with E-state index in [4.69, 9.17) is 37.1 Å². The second-order valence-electron chi connectivity index (χ2n) is 1.37. The minimum Gasteiger partial charge on any atom is -0.450 e. The fraction of sp³-hybridized carbons (Fsp3) is 0. The number of hydrogen-bond acceptors (Lipinski definition) is 4. The maximum Gasteiger partial charge on any atom is 0.503 e. The number of hydrogen-bond donors (Lipinski definition) is 7. The quantitative estimate of drug-likeness (QED) is 0.130. The summed E-state index contributed by atoms with van der Waals surface area (Å²) >= 11 is 0. The Bertz CT molecular complexity index is 218. The van der Waals surface area contributed by atoms with Gasteiger partial charge in [0.15, 0.2) is 5.96 Å². The SMILES string of the molecule is N#CN=C(N)N.N=C(N)N.O=C(O)O. The second kappa shape index (κ2) is 12.9. The standard InChI is InChI=1S/C2H4N4.CH5N3.CH2O3/c3-1-6-2(4)5;2*2-1(3)4/h(H4,4,5,6);(H5,2,3,4);(H2,2,3,4). The van der Waals surface area contributed by atoms with Crippen LogP contribution in [0, 0.1) is 16.9 Å². The molecule has 0 aliphatic carbocycles. The molecule has 0 amide bonds. The monoisotopic (exact) mass is 205 g/mol. The third-order valence-corrected chi connectivity index (χ3v) is 0.179. The van der Waals surface area contributed by atoms with Crippen molar-refractivity contribution in [1.29, 1.82) is 10.7 Å². The highest BCUT2D eigenvalue weighted by atomic mass is 16.6. The summed E-state index contributed by atoms with van der Waals surface area (Å²) in [5.74, 6) is -0.530. The predicted molar refractivity (Wildman–Crippen MR) is 48.2 cm³/mol. The van der Waals surface area contributed by atoms with Gasteiger partial charge in [0.2, 0.25) is 12.2 Å². The summed E-state index contributed by atoms with van der Waals surface area (Å²) in [7, 11) is 0. The minimum absolute atomic E-state index is 0.197. The van der Waals surface area contributed by atoms with E-state index in [2.05, 4.69) is 16.5 Å². The Kier molecular flexibility index (Phi) is 16.1. The highest BCUT2D eigenvalue weighted by Crippen LogP contribution is 1.49. The molecule has 0 aliphatic heterocycles. The highest BCUT2D eigenvalue weighted by Gasteiger charge is 1.70. The first-order chi connectivity index (χ1) is 6.23. The van der Waals surface area contributed by atoms with Crippen molar-refractivity contribution >= 4 is 18.1 Å². The third kappa shape index (κ3) is 7120. The van der Waals surface area contributed by atoms with Crippen LogP contribution >= 0.6 is 0 Å². The molecule has 0 bridgehead atoms. The summed E-state index contributed by atoms with van der Waals surface area (Å²) in [6.45, 7) is 0. The molecule has 0 saturated carbocycles. The van der Waals surface area contributed by atoms with E-state index in [9.17, 15) is 0 Å². The van der Waals surface area contributed by atoms with Gasteiger partial charge in [0.1, 0.15) is 0 Å². The maximum absolute atomic E-state index is 8.56. The summed E-state index contributed by atoms with van der Waals surface area (Å²) in [6, 6.07) is 0. The summed E-state index contributed by atoms with van der Waals surface area (Å²) in [6.07, 6.45) is -0.428. The molecule has 0 fully saturated rings. The fourth-order valence-corrected chi connectivity index (χ4v) is 0.0577. The Balaban J connectivity index is -0.000000135. The Morgan fingerprint density at radius 1 is 1.29 bits per heavy atom. The molecular formula is C4H11N7O3. The summed E-state index contributed by atoms with van der Waals surface area (Å²) in [4.78, 5) is 11.5. The molecule has 14 heavy (non-hydrogen) atoms. The third-order valence-electron chi connectivity index (χ3n) is 0.179. The van der Waals surface area contributed by atoms with Crippen LogP contribution in [0.3, 0.4) is 0 Å². The Labute approximate surface area is 78.9 Å². The highest BCUT2D eigenvalue weighted by molar-refractivity contribution is 5.76. The van der Waals surface area contributed by atoms with E-state index in [1.807, 2.05) is 0 Å². The predicted octanol–water partition coefficient (Wildman–Crippen LogP) is -2.20. The second-order valence-corrected chi connectivity index (χ2v) is 1.37. The average Bonchev–Trinajstić information content (AvgIpc) is 1.82. The summed E-state index contributed by atoms with van der Waals surface area (Å²) in [5, 5.41) is 27.6. The van der Waals surface area contributed by atoms with Crippen LogP contribution in [0.4, 0.5) is 4.79 Å². The smallest absolute Gasteiger partial charge is 0.450 e. The van der Waals surface area contributed by atoms with Gasteiger partial charge in [0, 0.05) is 0 Å². The number of guanidine groups is 2. The molecule has 0 aromatic carbocycles. The molecule has 0 aromatic heterocycles. The van der Waals surface area contributed by atoms with E-state index < -0.39 is 6.16 Å². The molecule has 10 nitrogen and oxygen atoms in total. The lowest BCUT2D eigenvalue weighted by Gasteiger charge is -1.74. The molecule has 0 unspecified atom stereocenters. The van der Waals surface area contributed by atoms with Crippen molar-refractivity contribution in [3.05, 3.63) is 0 Å². The van der Waals surface area contributed by atoms with Gasteiger partial charge in [-0.1, -0.05) is 0 Å². The Morgan fingerprint density at radius 3 is 1.50 bits per heavy atom. The van der Waals surface area contributed by atoms with Gasteiger partial charge in [0.25, 0.3) is 0 Å². The molecule has 0 radical (unpaired) electrons. The van der Waals surface area contributed by atoms with Crippen LogP contribution in [0.2, 0.25) is 0 Å². The zero-order chi connectivity index (χ0) is 12.1. The number of carbonyl (C=O) groups is 1. The van der Waals surface area contributed by atoms with Crippen LogP contribution in [0.15, 0.2) is 4.99 Å². The molecule has 0 atom stereocenters. The van der Waals surface area contributed by atoms with Crippen LogP contribution in [0.5, 0.6) is 0 Å². The van der Waals surface area contributed by atoms with Gasteiger partial charge in [-0.25, -0.2) is 4.79 Å². The molecule has 0 aliphatic rings. The zero-order valence-corrected chi connectivity index (χ0v) is 7.01. The van der Waals surface area contributed by atoms with E-state index in [1.54, 1.807) is 0 Å². The van der Waals surface area contributed by atoms with Gasteiger partial charge in [0.05, 0.1) is 0 Å². The lowest BCUT2D eigenvalue weighted by atomic mass is 11.1. The summed E-state index contributed by atoms with van der Waals surface area (Å²) in [5.41, 5.74) is 18.4. The minimum atomic E-state index is -1.83. The molecule has 0 rings (SSSR count). The molecule has 11 N–H and O–H groups in total. The number of nitrogens with two attached hydrogens (primary N) is 4. The Hall–Kier alpha value is -2.70. The van der Waals surface area contributed by atoms with Crippen molar-refractivity contribution in [1.82, 2.24) is 0 Å². The van der Waals surface area contributed by atoms with Crippen molar-refractivity contribution in [2.75, 3.05) is 0 Å². The molecule has 0 spiro atoms. The molecule has 10 heteroatoms. The van der Waals surface area contributed by atoms with Crippen LogP contribution < -0.4 is 22.9 Å². The first kappa shape index (κ1) is 17.4. The summed E-state index contributed by atoms with van der Waals surface area (Å²) < 4.78 is 0. The molecule has 0 saturated heterocycles. The largest absolute Gasteiger partial charge is 0.503 e. The Morgan fingerprint density at radius 2 is 1.50 bits per heavy atom. The topological polar surface area (TPSA) is 222 Å². The lowest BCUT2D eigenvalue weighted by Crippen LogP contribution is -2.21. The lowest BCUT2D eigenvalue weighted by molar-refractivity contribution is 0.137. The number of nitrogens with one attached hydrogen (secondary N) is 1. The van der Waals surface area contributed by atoms with E-state index >= 15 is 0 Å². The van der Waals surface area contributed by atoms with E-state index in [1.165, 1.54) is 6.19 Å². The van der Waals surface area contributed by atoms with Crippen molar-refractivity contribution in [2.45, 2.75) is 0 Å². The van der Waals surface area contributed by atoms with Crippen molar-refractivity contribution in [3.63, 3.8) is 0 Å². The van der Waals surface area contributed by atoms with Gasteiger partial charge in [-0.15, -0.1) is 4.99 Å². The van der Waals surface area contributed by atoms with Crippen molar-refractivity contribution in [2.24, 2.45) is 27.9 Å². The number of rotatable bonds is 0. The number of nitrogens with zero attached hydrogens (tertiary/aromatic N) is 2. The van der Waals surface area contributed by atoms with E-state index in [0.29, 0.717) is 0 Å². The average molecular weight is 205 g/mol. The van der Waals surface area contributed by atoms with Gasteiger partial charge in [-0.3, -0.25) is 5.41 Å². The zero-order valence-electron chi connectivity index (χ0n) is 7.01. The normalized spacial score (nSPS) is 5.93. The number of nitriles is 1. The van der Waals surface area contributed by atoms with Gasteiger partial charge in [-0.05, 0) is 0 Å². The van der Waals surface area contributed by atoms with Crippen LogP contribution in [0.1, 0.15) is 0 Å². The molecule has 0 heterocycles. The van der Waals surface area contributed by atoms with Gasteiger partial charge >= 0.3 is 6.16 Å². The van der Waals surface area contributed by atoms with E-state index in [-0.39, 0.29) is 11.9 Å². The number of aliphatic imine (C=N–C) groups is 1. The van der Waals surface area contributed by atoms with Crippen LogP contribution in [0.25, 0.3) is 0 Å². The van der Waals surface area contributed by atoms with Crippen molar-refractivity contribution < 1.29 is 15.0 Å². The first-order valence-electron chi connectivity index (χ1n) is 2.73. The number of carboxylic acid groups (broad SMARTS) is 2. The van der Waals surface area contributed by atoms with Crippen LogP contribution in [-0.4, -0.2) is 28.3 Å². The van der Waals surface area contributed by atoms with Crippen LogP contribution in [-0.2, 0) is 0 Å². The first-order valence-corrected chi connectivity index (χ1v) is 2.73.